The Hall–Kier alpha value is -8.59. The maximum atomic E-state index is 13.9. The molecule has 0 radical (unpaired) electrons. The molecule has 1 unspecified atom stereocenters. The number of nitrogens with zero attached hydrogens (tertiary/aromatic N) is 10. The second-order valence-corrected chi connectivity index (χ2v) is 18.9. The molecule has 76 heavy (non-hydrogen) atoms. The molecular weight excluding hydrogens is 1010 g/mol. The summed E-state index contributed by atoms with van der Waals surface area (Å²) < 4.78 is 18.4. The van der Waals surface area contributed by atoms with Crippen LogP contribution in [0.4, 0.5) is 11.9 Å². The minimum atomic E-state index is -1.22. The molecule has 4 aromatic heterocycles. The molecule has 0 bridgehead atoms. The molecule has 7 rings (SSSR count). The number of imide groups is 1. The Morgan fingerprint density at radius 2 is 1.38 bits per heavy atom. The van der Waals surface area contributed by atoms with Gasteiger partial charge in [0.15, 0.2) is 0 Å². The number of aromatic nitrogens is 8. The topological polar surface area (TPSA) is 349 Å². The van der Waals surface area contributed by atoms with Crippen LogP contribution in [0.25, 0.3) is 22.1 Å². The minimum absolute atomic E-state index is 0.0132. The molecule has 6 amide bonds. The fraction of sp³-hybridized carbons (Fsp3) is 0.388. The Kier molecular flexibility index (Phi) is 17.2. The van der Waals surface area contributed by atoms with Crippen LogP contribution in [0.15, 0.2) is 48.6 Å². The number of amides is 6. The number of carbonyl (C=O) groups is 8. The van der Waals surface area contributed by atoms with Crippen molar-refractivity contribution in [3.05, 3.63) is 82.5 Å². The number of aliphatic carboxylic acids is 1. The summed E-state index contributed by atoms with van der Waals surface area (Å²) in [6.45, 7) is 8.16. The van der Waals surface area contributed by atoms with Crippen LogP contribution in [0.1, 0.15) is 86.2 Å². The summed E-state index contributed by atoms with van der Waals surface area (Å²) in [6, 6.07) is 7.71. The third-order valence-corrected chi connectivity index (χ3v) is 13.6. The van der Waals surface area contributed by atoms with Crippen LogP contribution in [0.2, 0.25) is 0 Å². The van der Waals surface area contributed by atoms with Crippen molar-refractivity contribution in [1.29, 1.82) is 0 Å². The first kappa shape index (κ1) is 55.2. The SMILES string of the molecule is CCn1nc(C)cc1C(=O)Nc1nc2cc(C(=O)O)cc(OC)c2n1C/C=C/Cn1c(NC(=O)c2cc(C)nn2CC)nc2cc(C(N)=O)cc(OCCCN(C)C(=O)CCN3C(=O)CC(SC[C@H](N)C(=O)O)C3=O)c21. The summed E-state index contributed by atoms with van der Waals surface area (Å²) in [5.74, 6) is -5.12. The highest BCUT2D eigenvalue weighted by atomic mass is 32.2. The Morgan fingerprint density at radius 1 is 0.842 bits per heavy atom. The van der Waals surface area contributed by atoms with E-state index in [0.29, 0.717) is 35.5 Å². The van der Waals surface area contributed by atoms with Gasteiger partial charge in [0, 0.05) is 70.5 Å². The zero-order valence-electron chi connectivity index (χ0n) is 42.6. The highest BCUT2D eigenvalue weighted by Gasteiger charge is 2.39. The molecule has 1 saturated heterocycles. The Morgan fingerprint density at radius 3 is 1.89 bits per heavy atom. The number of benzene rings is 2. The zero-order valence-corrected chi connectivity index (χ0v) is 43.4. The summed E-state index contributed by atoms with van der Waals surface area (Å²) in [5.41, 5.74) is 14.3. The molecule has 5 heterocycles. The number of nitrogens with two attached hydrogens (primary N) is 2. The number of methoxy groups -OCH3 is 1. The lowest BCUT2D eigenvalue weighted by Crippen LogP contribution is -2.37. The predicted molar refractivity (Wildman–Crippen MR) is 277 cm³/mol. The molecule has 0 aliphatic carbocycles. The highest BCUT2D eigenvalue weighted by molar-refractivity contribution is 8.00. The van der Waals surface area contributed by atoms with Crippen molar-refractivity contribution in [3.63, 3.8) is 0 Å². The summed E-state index contributed by atoms with van der Waals surface area (Å²) in [7, 11) is 2.95. The lowest BCUT2D eigenvalue weighted by molar-refractivity contribution is -0.140. The van der Waals surface area contributed by atoms with Gasteiger partial charge in [-0.2, -0.15) is 10.2 Å². The van der Waals surface area contributed by atoms with Crippen LogP contribution in [0, 0.1) is 13.8 Å². The fourth-order valence-corrected chi connectivity index (χ4v) is 9.60. The van der Waals surface area contributed by atoms with Gasteiger partial charge in [-0.3, -0.25) is 58.5 Å². The van der Waals surface area contributed by atoms with Crippen molar-refractivity contribution in [3.8, 4) is 11.5 Å². The second-order valence-electron chi connectivity index (χ2n) is 17.6. The van der Waals surface area contributed by atoms with Crippen LogP contribution in [0.3, 0.4) is 0 Å². The number of thioether (sulfide) groups is 1. The number of imidazole rings is 2. The number of fused-ring (bicyclic) bond motifs is 2. The number of rotatable bonds is 25. The fourth-order valence-electron chi connectivity index (χ4n) is 8.48. The molecule has 1 aliphatic heterocycles. The molecule has 1 aliphatic rings. The number of ether oxygens (including phenoxy) is 2. The van der Waals surface area contributed by atoms with E-state index in [2.05, 4.69) is 25.8 Å². The number of allylic oxidation sites excluding steroid dienone is 2. The van der Waals surface area contributed by atoms with Crippen molar-refractivity contribution >= 4 is 93.1 Å². The number of aromatic carboxylic acids is 1. The number of anilines is 2. The molecular formula is C49H58N14O12S. The van der Waals surface area contributed by atoms with Gasteiger partial charge in [-0.15, -0.1) is 11.8 Å². The summed E-state index contributed by atoms with van der Waals surface area (Å²) >= 11 is 0.989. The average molecular weight is 1070 g/mol. The first-order valence-electron chi connectivity index (χ1n) is 24.1. The number of carbonyl (C=O) groups excluding carboxylic acids is 6. The van der Waals surface area contributed by atoms with E-state index in [4.69, 9.17) is 31.0 Å². The van der Waals surface area contributed by atoms with Gasteiger partial charge in [-0.05, 0) is 70.5 Å². The maximum absolute atomic E-state index is 13.9. The number of hydrogen-bond acceptors (Lipinski definition) is 16. The molecule has 27 heteroatoms. The number of carboxylic acids is 2. The lowest BCUT2D eigenvalue weighted by Gasteiger charge is -2.20. The number of carboxylic acid groups (broad SMARTS) is 2. The smallest absolute Gasteiger partial charge is 0.335 e. The molecule has 26 nitrogen and oxygen atoms in total. The second kappa shape index (κ2) is 23.7. The predicted octanol–water partition coefficient (Wildman–Crippen LogP) is 2.89. The van der Waals surface area contributed by atoms with Crippen molar-refractivity contribution in [2.45, 2.75) is 84.4 Å². The van der Waals surface area contributed by atoms with E-state index in [0.717, 1.165) is 16.7 Å². The van der Waals surface area contributed by atoms with Gasteiger partial charge in [-0.25, -0.2) is 14.8 Å². The van der Waals surface area contributed by atoms with Crippen LogP contribution in [-0.2, 0) is 45.4 Å². The first-order chi connectivity index (χ1) is 36.2. The highest BCUT2D eigenvalue weighted by Crippen LogP contribution is 2.34. The Bertz CT molecular complexity index is 3300. The quantitative estimate of drug-likeness (QED) is 0.0273. The molecule has 2 atom stereocenters. The lowest BCUT2D eigenvalue weighted by atomic mass is 10.1. The van der Waals surface area contributed by atoms with Gasteiger partial charge in [0.25, 0.3) is 11.8 Å². The van der Waals surface area contributed by atoms with Crippen LogP contribution in [0.5, 0.6) is 11.5 Å². The maximum Gasteiger partial charge on any atom is 0.335 e. The molecule has 1 fully saturated rings. The number of nitrogens with one attached hydrogen (secondary N) is 2. The van der Waals surface area contributed by atoms with Gasteiger partial charge in [0.2, 0.25) is 35.5 Å². The third-order valence-electron chi connectivity index (χ3n) is 12.3. The van der Waals surface area contributed by atoms with E-state index in [-0.39, 0.29) is 121 Å². The largest absolute Gasteiger partial charge is 0.494 e. The van der Waals surface area contributed by atoms with Crippen molar-refractivity contribution in [1.82, 2.24) is 48.5 Å². The molecule has 0 spiro atoms. The normalized spacial score (nSPS) is 14.0. The van der Waals surface area contributed by atoms with E-state index in [1.807, 2.05) is 13.8 Å². The molecule has 402 valence electrons. The van der Waals surface area contributed by atoms with E-state index in [9.17, 15) is 43.5 Å². The summed E-state index contributed by atoms with van der Waals surface area (Å²) in [4.78, 5) is 114. The van der Waals surface area contributed by atoms with Gasteiger partial charge in [0.05, 0.1) is 47.0 Å². The van der Waals surface area contributed by atoms with Crippen molar-refractivity contribution in [2.75, 3.05) is 50.2 Å². The minimum Gasteiger partial charge on any atom is -0.494 e. The van der Waals surface area contributed by atoms with E-state index in [1.165, 1.54) is 36.3 Å². The van der Waals surface area contributed by atoms with Crippen molar-refractivity contribution in [2.24, 2.45) is 11.5 Å². The first-order valence-corrected chi connectivity index (χ1v) is 25.1. The Labute approximate surface area is 438 Å². The zero-order chi connectivity index (χ0) is 55.1. The van der Waals surface area contributed by atoms with E-state index in [1.54, 1.807) is 63.7 Å². The van der Waals surface area contributed by atoms with Gasteiger partial charge < -0.3 is 45.2 Å². The molecule has 8 N–H and O–H groups in total. The monoisotopic (exact) mass is 1070 g/mol. The van der Waals surface area contributed by atoms with E-state index >= 15 is 0 Å². The molecule has 2 aromatic carbocycles. The van der Waals surface area contributed by atoms with Crippen LogP contribution >= 0.6 is 11.8 Å². The Balaban J connectivity index is 1.14. The van der Waals surface area contributed by atoms with Crippen LogP contribution in [-0.4, -0.2) is 157 Å². The number of hydrogen-bond donors (Lipinski definition) is 6. The van der Waals surface area contributed by atoms with Gasteiger partial charge >= 0.3 is 11.9 Å². The van der Waals surface area contributed by atoms with Crippen molar-refractivity contribution < 1.29 is 58.0 Å². The molecule has 0 saturated carbocycles. The summed E-state index contributed by atoms with van der Waals surface area (Å²) in [5, 5.41) is 32.7. The number of primary amides is 1. The van der Waals surface area contributed by atoms with Gasteiger partial charge in [-0.1, -0.05) is 12.2 Å². The number of aryl methyl sites for hydroxylation is 4. The number of likely N-dealkylation sites (tertiary alicyclic amines) is 1. The van der Waals surface area contributed by atoms with E-state index < -0.39 is 52.8 Å². The van der Waals surface area contributed by atoms with Gasteiger partial charge in [0.1, 0.15) is 40.0 Å². The average Bonchev–Trinajstić information content (AvgIpc) is 4.20. The standard InChI is InChI=1S/C49H58N14O12S/c1-7-62-33(18-26(3)56-62)43(67)54-48-53-32-21-29(46(70)71)23-35(74-6)40(32)60(48)14-9-10-15-61-41-31(52-49(61)55-44(68)34-19-27(4)57-63(34)8-2)20-28(42(51)66)22-36(41)75-17-11-13-58(5)38(64)12-16-59-39(65)24-37(45(59)69)76-25-30(50)47(72)73/h9-10,18-23,30,37H,7-8,11-17,24-25,50H2,1-6H3,(H2,51,66)(H,70,71)(H,72,73)(H,52,55,68)(H,53,54,67)/b10-9+/t30-,37?/m0/s1. The van der Waals surface area contributed by atoms with Crippen LogP contribution < -0.4 is 31.6 Å². The summed E-state index contributed by atoms with van der Waals surface area (Å²) in [6.07, 6.45) is 3.51. The third kappa shape index (κ3) is 12.2. The molecule has 6 aromatic rings.